The maximum absolute atomic E-state index is 12.0. The molecule has 150 valence electrons. The summed E-state index contributed by atoms with van der Waals surface area (Å²) in [5, 5.41) is 16.6. The standard InChI is InChI=1S/C16H23F3N6O2/c1-24(10-4-8-20-14(26)16(17,18)19)11-5-9-21-15-22-12-6-2-3-7-13(12)25(27)23-15/h2-3,6-7,25H,4-5,8-11H2,1H3,(H,20,26)(H2,21,22,23). The van der Waals surface area contributed by atoms with E-state index < -0.39 is 12.1 Å². The number of aliphatic imine (C=N–C) groups is 1. The summed E-state index contributed by atoms with van der Waals surface area (Å²) in [5.41, 5.74) is 3.95. The van der Waals surface area contributed by atoms with Crippen LogP contribution >= 0.6 is 0 Å². The van der Waals surface area contributed by atoms with Crippen LogP contribution in [0.3, 0.4) is 0 Å². The van der Waals surface area contributed by atoms with E-state index in [0.29, 0.717) is 49.8 Å². The number of carbonyl (C=O) groups excluding carboxylic acids is 1. The fourth-order valence-corrected chi connectivity index (χ4v) is 2.50. The van der Waals surface area contributed by atoms with Crippen molar-refractivity contribution in [2.45, 2.75) is 19.0 Å². The number of hydrogen-bond acceptors (Lipinski definition) is 4. The number of alkyl halides is 3. The lowest BCUT2D eigenvalue weighted by molar-refractivity contribution is -0.816. The molecule has 11 heteroatoms. The van der Waals surface area contributed by atoms with Gasteiger partial charge >= 0.3 is 12.1 Å². The SMILES string of the molecule is CN(CCCN=C1Nc2ccccc2[NH+]([O-])N1)CCCNC(=O)C(F)(F)F. The van der Waals surface area contributed by atoms with E-state index in [4.69, 9.17) is 0 Å². The monoisotopic (exact) mass is 388 g/mol. The molecule has 2 rings (SSSR count). The number of benzene rings is 1. The summed E-state index contributed by atoms with van der Waals surface area (Å²) in [5.74, 6) is -1.51. The number of nitrogens with one attached hydrogen (secondary N) is 4. The predicted molar refractivity (Wildman–Crippen MR) is 95.3 cm³/mol. The number of anilines is 1. The van der Waals surface area contributed by atoms with Crippen LogP contribution in [0.25, 0.3) is 0 Å². The van der Waals surface area contributed by atoms with Gasteiger partial charge in [-0.2, -0.15) is 18.6 Å². The summed E-state index contributed by atoms with van der Waals surface area (Å²) >= 11 is 0. The van der Waals surface area contributed by atoms with Crippen molar-refractivity contribution in [1.29, 1.82) is 0 Å². The summed E-state index contributed by atoms with van der Waals surface area (Å²) in [6.07, 6.45) is -3.70. The number of guanidine groups is 1. The van der Waals surface area contributed by atoms with Gasteiger partial charge in [-0.15, -0.1) is 0 Å². The molecule has 1 atom stereocenters. The summed E-state index contributed by atoms with van der Waals surface area (Å²) in [6.45, 7) is 1.70. The van der Waals surface area contributed by atoms with Gasteiger partial charge in [0, 0.05) is 19.2 Å². The summed E-state index contributed by atoms with van der Waals surface area (Å²) < 4.78 is 36.1. The zero-order valence-electron chi connectivity index (χ0n) is 14.9. The number of hydrogen-bond donors (Lipinski definition) is 4. The Morgan fingerprint density at radius 2 is 2.00 bits per heavy atom. The molecule has 4 N–H and O–H groups in total. The minimum atomic E-state index is -4.84. The van der Waals surface area contributed by atoms with Gasteiger partial charge in [0.15, 0.2) is 5.69 Å². The van der Waals surface area contributed by atoms with Crippen LogP contribution in [0.4, 0.5) is 24.5 Å². The molecule has 0 aliphatic carbocycles. The number of rotatable bonds is 8. The van der Waals surface area contributed by atoms with Gasteiger partial charge in [-0.05, 0) is 39.0 Å². The van der Waals surface area contributed by atoms with Gasteiger partial charge in [-0.1, -0.05) is 12.1 Å². The molecule has 1 unspecified atom stereocenters. The molecule has 1 heterocycles. The van der Waals surface area contributed by atoms with Crippen LogP contribution in [0, 0.1) is 5.21 Å². The topological polar surface area (TPSA) is 96.3 Å². The molecule has 1 amide bonds. The quantitative estimate of drug-likeness (QED) is 0.381. The molecule has 0 aromatic heterocycles. The van der Waals surface area contributed by atoms with E-state index in [1.165, 1.54) is 0 Å². The number of halogens is 3. The molecule has 0 spiro atoms. The van der Waals surface area contributed by atoms with Crippen molar-refractivity contribution in [1.82, 2.24) is 15.6 Å². The first-order chi connectivity index (χ1) is 12.8. The van der Waals surface area contributed by atoms with Crippen LogP contribution in [0.1, 0.15) is 12.8 Å². The third kappa shape index (κ3) is 6.70. The van der Waals surface area contributed by atoms with Gasteiger partial charge in [0.25, 0.3) is 0 Å². The smallest absolute Gasteiger partial charge is 0.471 e. The number of nitrogens with zero attached hydrogens (tertiary/aromatic N) is 2. The number of carbonyl (C=O) groups is 1. The molecule has 0 radical (unpaired) electrons. The Balaban J connectivity index is 1.62. The highest BCUT2D eigenvalue weighted by Gasteiger charge is 2.38. The van der Waals surface area contributed by atoms with Gasteiger partial charge in [0.1, 0.15) is 5.69 Å². The van der Waals surface area contributed by atoms with Crippen molar-refractivity contribution in [3.05, 3.63) is 29.5 Å². The molecular formula is C16H23F3N6O2. The van der Waals surface area contributed by atoms with Crippen LogP contribution in [-0.4, -0.2) is 56.2 Å². The van der Waals surface area contributed by atoms with Crippen molar-refractivity contribution in [2.24, 2.45) is 4.99 Å². The molecule has 1 aliphatic rings. The highest BCUT2D eigenvalue weighted by atomic mass is 19.4. The fraction of sp³-hybridized carbons (Fsp3) is 0.500. The molecule has 27 heavy (non-hydrogen) atoms. The number of para-hydroxylation sites is 2. The van der Waals surface area contributed by atoms with Crippen molar-refractivity contribution in [3.63, 3.8) is 0 Å². The Morgan fingerprint density at radius 3 is 2.74 bits per heavy atom. The van der Waals surface area contributed by atoms with Crippen molar-refractivity contribution in [2.75, 3.05) is 38.5 Å². The Labute approximate surface area is 155 Å². The summed E-state index contributed by atoms with van der Waals surface area (Å²) in [6, 6.07) is 7.14. The van der Waals surface area contributed by atoms with E-state index in [-0.39, 0.29) is 11.7 Å². The van der Waals surface area contributed by atoms with Gasteiger partial charge < -0.3 is 20.7 Å². The first kappa shape index (κ1) is 20.9. The fourth-order valence-electron chi connectivity index (χ4n) is 2.50. The van der Waals surface area contributed by atoms with E-state index in [0.717, 1.165) is 0 Å². The third-order valence-electron chi connectivity index (χ3n) is 3.88. The highest BCUT2D eigenvalue weighted by Crippen LogP contribution is 2.18. The molecule has 0 saturated carbocycles. The van der Waals surface area contributed by atoms with E-state index in [9.17, 15) is 23.2 Å². The summed E-state index contributed by atoms with van der Waals surface area (Å²) in [7, 11) is 1.84. The lowest BCUT2D eigenvalue weighted by atomic mass is 10.2. The minimum Gasteiger partial charge on any atom is -0.603 e. The normalized spacial score (nSPS) is 18.0. The van der Waals surface area contributed by atoms with Gasteiger partial charge in [-0.25, -0.2) is 10.2 Å². The maximum Gasteiger partial charge on any atom is 0.471 e. The zero-order chi connectivity index (χ0) is 19.9. The highest BCUT2D eigenvalue weighted by molar-refractivity contribution is 5.96. The van der Waals surface area contributed by atoms with Crippen LogP contribution in [0.15, 0.2) is 29.3 Å². The third-order valence-corrected chi connectivity index (χ3v) is 3.88. The lowest BCUT2D eigenvalue weighted by Gasteiger charge is -2.30. The number of amides is 1. The lowest BCUT2D eigenvalue weighted by Crippen LogP contribution is -3.11. The van der Waals surface area contributed by atoms with E-state index >= 15 is 0 Å². The Morgan fingerprint density at radius 1 is 1.30 bits per heavy atom. The largest absolute Gasteiger partial charge is 0.603 e. The van der Waals surface area contributed by atoms with Gasteiger partial charge in [-0.3, -0.25) is 4.79 Å². The second-order valence-corrected chi connectivity index (χ2v) is 6.12. The van der Waals surface area contributed by atoms with Crippen LogP contribution in [0.2, 0.25) is 0 Å². The van der Waals surface area contributed by atoms with Gasteiger partial charge in [0.05, 0.1) is 0 Å². The molecule has 0 bridgehead atoms. The molecule has 8 nitrogen and oxygen atoms in total. The van der Waals surface area contributed by atoms with E-state index in [1.54, 1.807) is 18.2 Å². The molecule has 0 fully saturated rings. The molecule has 1 aliphatic heterocycles. The van der Waals surface area contributed by atoms with Crippen LogP contribution in [-0.2, 0) is 4.79 Å². The summed E-state index contributed by atoms with van der Waals surface area (Å²) in [4.78, 5) is 16.9. The molecule has 1 aromatic rings. The van der Waals surface area contributed by atoms with E-state index in [1.807, 2.05) is 23.3 Å². The first-order valence-electron chi connectivity index (χ1n) is 8.53. The average molecular weight is 388 g/mol. The van der Waals surface area contributed by atoms with Crippen molar-refractivity contribution in [3.8, 4) is 0 Å². The van der Waals surface area contributed by atoms with E-state index in [2.05, 4.69) is 15.7 Å². The number of fused-ring (bicyclic) bond motifs is 1. The molecular weight excluding hydrogens is 365 g/mol. The predicted octanol–water partition coefficient (Wildman–Crippen LogP) is 0.377. The van der Waals surface area contributed by atoms with Gasteiger partial charge in [0.2, 0.25) is 5.96 Å². The average Bonchev–Trinajstić information content (AvgIpc) is 2.61. The van der Waals surface area contributed by atoms with Crippen LogP contribution < -0.4 is 21.2 Å². The second-order valence-electron chi connectivity index (χ2n) is 6.12. The Bertz CT molecular complexity index is 668. The molecule has 1 aromatic carbocycles. The van der Waals surface area contributed by atoms with Crippen LogP contribution in [0.5, 0.6) is 0 Å². The Kier molecular flexibility index (Phi) is 7.39. The molecule has 0 saturated heterocycles. The van der Waals surface area contributed by atoms with Crippen molar-refractivity contribution < 1.29 is 23.1 Å². The Hall–Kier alpha value is -2.37. The second kappa shape index (κ2) is 9.53. The first-order valence-corrected chi connectivity index (χ1v) is 8.53. The zero-order valence-corrected chi connectivity index (χ0v) is 14.9. The van der Waals surface area contributed by atoms with Crippen molar-refractivity contribution >= 4 is 23.2 Å². The maximum atomic E-state index is 12.0. The minimum absolute atomic E-state index is 0.0274. The number of quaternary nitrogens is 1.